The zero-order chi connectivity index (χ0) is 11.4. The van der Waals surface area contributed by atoms with Gasteiger partial charge in [0.15, 0.2) is 0 Å². The fraction of sp³-hybridized carbons (Fsp3) is 0.200. The van der Waals surface area contributed by atoms with Crippen LogP contribution in [0.25, 0.3) is 0 Å². The van der Waals surface area contributed by atoms with Crippen LogP contribution in [-0.4, -0.2) is 9.59 Å². The zero-order valence-corrected chi connectivity index (χ0v) is 10.7. The van der Waals surface area contributed by atoms with E-state index < -0.39 is 0 Å². The van der Waals surface area contributed by atoms with Gasteiger partial charge >= 0.3 is 0 Å². The molecule has 1 N–H and O–H groups in total. The van der Waals surface area contributed by atoms with E-state index in [4.69, 9.17) is 0 Å². The Balaban J connectivity index is 1.92. The maximum absolute atomic E-state index is 13.0. The molecule has 1 aromatic heterocycles. The summed E-state index contributed by atoms with van der Waals surface area (Å²) >= 11 is 4.70. The molecule has 6 heteroatoms. The number of rotatable bonds is 4. The smallest absolute Gasteiger partial charge is 0.123 e. The van der Waals surface area contributed by atoms with Gasteiger partial charge in [-0.05, 0) is 35.3 Å². The van der Waals surface area contributed by atoms with Gasteiger partial charge in [-0.15, -0.1) is 5.10 Å². The van der Waals surface area contributed by atoms with E-state index in [0.717, 1.165) is 15.7 Å². The summed E-state index contributed by atoms with van der Waals surface area (Å²) in [4.78, 5) is 0. The molecule has 0 amide bonds. The van der Waals surface area contributed by atoms with Gasteiger partial charge in [0.2, 0.25) is 0 Å². The molecule has 84 valence electrons. The maximum atomic E-state index is 13.0. The van der Waals surface area contributed by atoms with Crippen LogP contribution in [0.15, 0.2) is 28.1 Å². The SMILES string of the molecule is Fc1ccc(Br)c(CNCc2csnn2)c1. The van der Waals surface area contributed by atoms with Gasteiger partial charge < -0.3 is 5.32 Å². The van der Waals surface area contributed by atoms with Crippen molar-refractivity contribution in [1.82, 2.24) is 14.9 Å². The van der Waals surface area contributed by atoms with E-state index in [2.05, 4.69) is 30.8 Å². The minimum atomic E-state index is -0.227. The van der Waals surface area contributed by atoms with E-state index >= 15 is 0 Å². The van der Waals surface area contributed by atoms with E-state index in [1.807, 2.05) is 5.38 Å². The van der Waals surface area contributed by atoms with Crippen LogP contribution in [0.2, 0.25) is 0 Å². The quantitative estimate of drug-likeness (QED) is 0.943. The van der Waals surface area contributed by atoms with Gasteiger partial charge in [0, 0.05) is 22.9 Å². The van der Waals surface area contributed by atoms with Gasteiger partial charge in [0.25, 0.3) is 0 Å². The fourth-order valence-electron chi connectivity index (χ4n) is 1.27. The molecule has 1 heterocycles. The van der Waals surface area contributed by atoms with Crippen molar-refractivity contribution >= 4 is 27.5 Å². The molecular weight excluding hydrogens is 293 g/mol. The molecule has 0 saturated heterocycles. The van der Waals surface area contributed by atoms with Gasteiger partial charge in [-0.2, -0.15) is 0 Å². The fourth-order valence-corrected chi connectivity index (χ4v) is 2.10. The van der Waals surface area contributed by atoms with Crippen LogP contribution >= 0.6 is 27.5 Å². The first-order chi connectivity index (χ1) is 7.75. The summed E-state index contributed by atoms with van der Waals surface area (Å²) in [5.41, 5.74) is 1.79. The zero-order valence-electron chi connectivity index (χ0n) is 8.28. The van der Waals surface area contributed by atoms with Crippen molar-refractivity contribution in [2.75, 3.05) is 0 Å². The molecule has 16 heavy (non-hydrogen) atoms. The Morgan fingerprint density at radius 2 is 2.25 bits per heavy atom. The van der Waals surface area contributed by atoms with E-state index in [-0.39, 0.29) is 5.82 Å². The summed E-state index contributed by atoms with van der Waals surface area (Å²) in [5.74, 6) is -0.227. The lowest BCUT2D eigenvalue weighted by molar-refractivity contribution is 0.618. The van der Waals surface area contributed by atoms with Gasteiger partial charge in [-0.25, -0.2) is 4.39 Å². The first kappa shape index (κ1) is 11.6. The van der Waals surface area contributed by atoms with Crippen molar-refractivity contribution < 1.29 is 4.39 Å². The molecule has 0 saturated carbocycles. The second-order valence-electron chi connectivity index (χ2n) is 3.24. The van der Waals surface area contributed by atoms with Crippen LogP contribution < -0.4 is 5.32 Å². The molecule has 2 rings (SSSR count). The first-order valence-corrected chi connectivity index (χ1v) is 6.29. The molecular formula is C10H9BrFN3S. The van der Waals surface area contributed by atoms with Crippen molar-refractivity contribution in [1.29, 1.82) is 0 Å². The second-order valence-corrected chi connectivity index (χ2v) is 4.70. The summed E-state index contributed by atoms with van der Waals surface area (Å²) < 4.78 is 17.6. The Hall–Kier alpha value is -0.850. The normalized spacial score (nSPS) is 10.6. The average Bonchev–Trinajstić information content (AvgIpc) is 2.76. The van der Waals surface area contributed by atoms with E-state index in [1.54, 1.807) is 6.07 Å². The summed E-state index contributed by atoms with van der Waals surface area (Å²) in [6.07, 6.45) is 0. The molecule has 0 fully saturated rings. The number of hydrogen-bond donors (Lipinski definition) is 1. The Morgan fingerprint density at radius 1 is 1.38 bits per heavy atom. The van der Waals surface area contributed by atoms with Gasteiger partial charge in [0.1, 0.15) is 5.82 Å². The maximum Gasteiger partial charge on any atom is 0.123 e. The van der Waals surface area contributed by atoms with Crippen LogP contribution in [-0.2, 0) is 13.1 Å². The molecule has 0 aliphatic rings. The topological polar surface area (TPSA) is 37.8 Å². The van der Waals surface area contributed by atoms with Crippen LogP contribution in [0.5, 0.6) is 0 Å². The van der Waals surface area contributed by atoms with Gasteiger partial charge in [-0.1, -0.05) is 20.4 Å². The predicted molar refractivity (Wildman–Crippen MR) is 64.6 cm³/mol. The number of hydrogen-bond acceptors (Lipinski definition) is 4. The van der Waals surface area contributed by atoms with Gasteiger partial charge in [0.05, 0.1) is 5.69 Å². The van der Waals surface area contributed by atoms with Gasteiger partial charge in [-0.3, -0.25) is 0 Å². The largest absolute Gasteiger partial charge is 0.307 e. The van der Waals surface area contributed by atoms with Crippen LogP contribution in [0.3, 0.4) is 0 Å². The molecule has 0 unspecified atom stereocenters. The highest BCUT2D eigenvalue weighted by Gasteiger charge is 2.02. The highest BCUT2D eigenvalue weighted by molar-refractivity contribution is 9.10. The lowest BCUT2D eigenvalue weighted by Crippen LogP contribution is -2.13. The van der Waals surface area contributed by atoms with Crippen molar-refractivity contribution in [2.24, 2.45) is 0 Å². The minimum absolute atomic E-state index is 0.227. The van der Waals surface area contributed by atoms with Crippen molar-refractivity contribution in [3.8, 4) is 0 Å². The van der Waals surface area contributed by atoms with Crippen LogP contribution in [0.1, 0.15) is 11.3 Å². The summed E-state index contributed by atoms with van der Waals surface area (Å²) in [6, 6.07) is 4.64. The molecule has 0 aliphatic carbocycles. The molecule has 2 aromatic rings. The van der Waals surface area contributed by atoms with Crippen LogP contribution in [0.4, 0.5) is 4.39 Å². The average molecular weight is 302 g/mol. The Morgan fingerprint density at radius 3 is 3.00 bits per heavy atom. The Labute approximate surface area is 105 Å². The molecule has 0 radical (unpaired) electrons. The summed E-state index contributed by atoms with van der Waals surface area (Å²) in [7, 11) is 0. The third kappa shape index (κ3) is 3.07. The third-order valence-electron chi connectivity index (χ3n) is 2.03. The number of aromatic nitrogens is 2. The lowest BCUT2D eigenvalue weighted by atomic mass is 10.2. The summed E-state index contributed by atoms with van der Waals surface area (Å²) in [5, 5.41) is 8.97. The lowest BCUT2D eigenvalue weighted by Gasteiger charge is -2.05. The van der Waals surface area contributed by atoms with Crippen molar-refractivity contribution in [2.45, 2.75) is 13.1 Å². The van der Waals surface area contributed by atoms with E-state index in [0.29, 0.717) is 13.1 Å². The Kier molecular flexibility index (Phi) is 3.98. The summed E-state index contributed by atoms with van der Waals surface area (Å²) in [6.45, 7) is 1.23. The number of nitrogens with zero attached hydrogens (tertiary/aromatic N) is 2. The first-order valence-electron chi connectivity index (χ1n) is 4.66. The molecule has 3 nitrogen and oxygen atoms in total. The molecule has 0 spiro atoms. The number of nitrogens with one attached hydrogen (secondary N) is 1. The molecule has 0 bridgehead atoms. The highest BCUT2D eigenvalue weighted by Crippen LogP contribution is 2.17. The third-order valence-corrected chi connectivity index (χ3v) is 3.36. The number of benzene rings is 1. The minimum Gasteiger partial charge on any atom is -0.307 e. The van der Waals surface area contributed by atoms with Crippen LogP contribution in [0, 0.1) is 5.82 Å². The van der Waals surface area contributed by atoms with Crippen molar-refractivity contribution in [3.63, 3.8) is 0 Å². The van der Waals surface area contributed by atoms with E-state index in [9.17, 15) is 4.39 Å². The molecule has 0 aliphatic heterocycles. The second kappa shape index (κ2) is 5.47. The highest BCUT2D eigenvalue weighted by atomic mass is 79.9. The Bertz CT molecular complexity index is 461. The molecule has 1 aromatic carbocycles. The molecule has 0 atom stereocenters. The van der Waals surface area contributed by atoms with Crippen molar-refractivity contribution in [3.05, 3.63) is 45.1 Å². The van der Waals surface area contributed by atoms with E-state index in [1.165, 1.54) is 23.7 Å². The number of halogens is 2. The standard InChI is InChI=1S/C10H9BrFN3S/c11-10-2-1-8(12)3-7(10)4-13-5-9-6-16-15-14-9/h1-3,6,13H,4-5H2. The predicted octanol–water partition coefficient (Wildman–Crippen LogP) is 2.73. The monoisotopic (exact) mass is 301 g/mol.